The van der Waals surface area contributed by atoms with E-state index in [2.05, 4.69) is 16.7 Å². The largest absolute Gasteiger partial charge is 0.497 e. The molecule has 0 aliphatic rings. The zero-order chi connectivity index (χ0) is 18.1. The molecular formula is C20H26N2O3. The van der Waals surface area contributed by atoms with Gasteiger partial charge >= 0.3 is 6.03 Å². The Hall–Kier alpha value is -2.69. The van der Waals surface area contributed by atoms with Crippen LogP contribution in [0, 0.1) is 6.92 Å². The highest BCUT2D eigenvalue weighted by Crippen LogP contribution is 2.19. The first kappa shape index (κ1) is 18.6. The van der Waals surface area contributed by atoms with E-state index >= 15 is 0 Å². The van der Waals surface area contributed by atoms with Crippen LogP contribution in [0.1, 0.15) is 16.7 Å². The van der Waals surface area contributed by atoms with E-state index in [1.165, 1.54) is 5.56 Å². The van der Waals surface area contributed by atoms with Crippen molar-refractivity contribution in [1.82, 2.24) is 10.6 Å². The fourth-order valence-corrected chi connectivity index (χ4v) is 2.59. The van der Waals surface area contributed by atoms with Crippen molar-refractivity contribution in [2.45, 2.75) is 19.8 Å². The molecule has 2 aromatic rings. The van der Waals surface area contributed by atoms with Crippen LogP contribution in [-0.2, 0) is 12.8 Å². The summed E-state index contributed by atoms with van der Waals surface area (Å²) in [5.41, 5.74) is 3.44. The Morgan fingerprint density at radius 2 is 1.60 bits per heavy atom. The Kier molecular flexibility index (Phi) is 7.14. The van der Waals surface area contributed by atoms with Gasteiger partial charge in [0.25, 0.3) is 0 Å². The van der Waals surface area contributed by atoms with E-state index in [9.17, 15) is 4.79 Å². The van der Waals surface area contributed by atoms with Crippen molar-refractivity contribution < 1.29 is 14.3 Å². The lowest BCUT2D eigenvalue weighted by Crippen LogP contribution is -2.37. The van der Waals surface area contributed by atoms with Gasteiger partial charge < -0.3 is 20.1 Å². The average molecular weight is 342 g/mol. The minimum Gasteiger partial charge on any atom is -0.497 e. The molecule has 0 aliphatic carbocycles. The summed E-state index contributed by atoms with van der Waals surface area (Å²) in [5, 5.41) is 5.75. The highest BCUT2D eigenvalue weighted by atomic mass is 16.5. The second kappa shape index (κ2) is 9.57. The number of hydrogen-bond acceptors (Lipinski definition) is 3. The lowest BCUT2D eigenvalue weighted by Gasteiger charge is -2.11. The molecule has 0 bridgehead atoms. The number of methoxy groups -OCH3 is 2. The first-order chi connectivity index (χ1) is 12.1. The second-order valence-corrected chi connectivity index (χ2v) is 5.85. The van der Waals surface area contributed by atoms with Crippen LogP contribution in [0.5, 0.6) is 11.5 Å². The van der Waals surface area contributed by atoms with Gasteiger partial charge in [-0.1, -0.05) is 29.8 Å². The lowest BCUT2D eigenvalue weighted by atomic mass is 10.1. The maximum atomic E-state index is 11.9. The smallest absolute Gasteiger partial charge is 0.314 e. The average Bonchev–Trinajstić information content (AvgIpc) is 2.62. The molecule has 0 atom stereocenters. The summed E-state index contributed by atoms with van der Waals surface area (Å²) in [7, 11) is 3.31. The van der Waals surface area contributed by atoms with Gasteiger partial charge in [-0.3, -0.25) is 0 Å². The number of benzene rings is 2. The van der Waals surface area contributed by atoms with Crippen LogP contribution in [0.25, 0.3) is 0 Å². The molecule has 2 amide bonds. The Labute approximate surface area is 149 Å². The molecule has 2 rings (SSSR count). The van der Waals surface area contributed by atoms with Crippen LogP contribution in [0.4, 0.5) is 4.79 Å². The number of carbonyl (C=O) groups excluding carboxylic acids is 1. The molecule has 0 aromatic heterocycles. The van der Waals surface area contributed by atoms with Gasteiger partial charge in [-0.25, -0.2) is 4.79 Å². The minimum atomic E-state index is -0.153. The van der Waals surface area contributed by atoms with Gasteiger partial charge in [-0.15, -0.1) is 0 Å². The van der Waals surface area contributed by atoms with Crippen LogP contribution >= 0.6 is 0 Å². The summed E-state index contributed by atoms with van der Waals surface area (Å²) in [6, 6.07) is 13.8. The number of urea groups is 1. The summed E-state index contributed by atoms with van der Waals surface area (Å²) in [5.74, 6) is 1.69. The van der Waals surface area contributed by atoms with Crippen LogP contribution in [-0.4, -0.2) is 33.3 Å². The Balaban J connectivity index is 1.69. The van der Waals surface area contributed by atoms with Crippen molar-refractivity contribution in [3.8, 4) is 11.5 Å². The Morgan fingerprint density at radius 3 is 2.24 bits per heavy atom. The van der Waals surface area contributed by atoms with E-state index in [4.69, 9.17) is 9.47 Å². The van der Waals surface area contributed by atoms with Crippen LogP contribution in [0.3, 0.4) is 0 Å². The van der Waals surface area contributed by atoms with Crippen molar-refractivity contribution in [1.29, 1.82) is 0 Å². The molecule has 0 aliphatic heterocycles. The first-order valence-electron chi connectivity index (χ1n) is 8.40. The van der Waals surface area contributed by atoms with Crippen molar-refractivity contribution in [2.75, 3.05) is 27.3 Å². The molecule has 2 aromatic carbocycles. The molecule has 5 nitrogen and oxygen atoms in total. The molecule has 0 saturated carbocycles. The summed E-state index contributed by atoms with van der Waals surface area (Å²) >= 11 is 0. The van der Waals surface area contributed by atoms with E-state index in [1.54, 1.807) is 14.2 Å². The maximum Gasteiger partial charge on any atom is 0.314 e. The van der Waals surface area contributed by atoms with E-state index < -0.39 is 0 Å². The number of amides is 2. The number of ether oxygens (including phenoxy) is 2. The van der Waals surface area contributed by atoms with Gasteiger partial charge in [-0.2, -0.15) is 0 Å². The molecule has 0 unspecified atom stereocenters. The zero-order valence-corrected chi connectivity index (χ0v) is 15.1. The standard InChI is InChI=1S/C20H26N2O3/c1-15-4-9-19(25-3)17(14-15)11-13-22-20(23)21-12-10-16-5-7-18(24-2)8-6-16/h4-9,14H,10-13H2,1-3H3,(H2,21,22,23). The summed E-state index contributed by atoms with van der Waals surface area (Å²) in [4.78, 5) is 11.9. The van der Waals surface area contributed by atoms with E-state index in [1.807, 2.05) is 43.3 Å². The topological polar surface area (TPSA) is 59.6 Å². The summed E-state index contributed by atoms with van der Waals surface area (Å²) in [6.07, 6.45) is 1.51. The minimum absolute atomic E-state index is 0.153. The molecule has 2 N–H and O–H groups in total. The predicted octanol–water partition coefficient (Wildman–Crippen LogP) is 3.10. The quantitative estimate of drug-likeness (QED) is 0.775. The van der Waals surface area contributed by atoms with E-state index in [-0.39, 0.29) is 6.03 Å². The molecular weight excluding hydrogens is 316 g/mol. The van der Waals surface area contributed by atoms with Crippen molar-refractivity contribution in [2.24, 2.45) is 0 Å². The van der Waals surface area contributed by atoms with Crippen LogP contribution in [0.2, 0.25) is 0 Å². The van der Waals surface area contributed by atoms with E-state index in [0.29, 0.717) is 13.1 Å². The number of nitrogens with one attached hydrogen (secondary N) is 2. The van der Waals surface area contributed by atoms with Gasteiger partial charge in [0.1, 0.15) is 11.5 Å². The fraction of sp³-hybridized carbons (Fsp3) is 0.350. The summed E-state index contributed by atoms with van der Waals surface area (Å²) in [6.45, 7) is 3.20. The third-order valence-electron chi connectivity index (χ3n) is 3.97. The van der Waals surface area contributed by atoms with Gasteiger partial charge in [0, 0.05) is 13.1 Å². The maximum absolute atomic E-state index is 11.9. The molecule has 0 saturated heterocycles. The number of carbonyl (C=O) groups is 1. The van der Waals surface area contributed by atoms with Crippen molar-refractivity contribution >= 4 is 6.03 Å². The van der Waals surface area contributed by atoms with Crippen LogP contribution in [0.15, 0.2) is 42.5 Å². The molecule has 0 radical (unpaired) electrons. The Bertz CT molecular complexity index is 684. The normalized spacial score (nSPS) is 10.2. The molecule has 0 heterocycles. The van der Waals surface area contributed by atoms with E-state index in [0.717, 1.165) is 35.5 Å². The SMILES string of the molecule is COc1ccc(CCNC(=O)NCCc2cc(C)ccc2OC)cc1. The zero-order valence-electron chi connectivity index (χ0n) is 15.1. The monoisotopic (exact) mass is 342 g/mol. The van der Waals surface area contributed by atoms with Crippen molar-refractivity contribution in [3.63, 3.8) is 0 Å². The molecule has 5 heteroatoms. The first-order valence-corrected chi connectivity index (χ1v) is 8.40. The fourth-order valence-electron chi connectivity index (χ4n) is 2.59. The second-order valence-electron chi connectivity index (χ2n) is 5.85. The van der Waals surface area contributed by atoms with Crippen LogP contribution < -0.4 is 20.1 Å². The highest BCUT2D eigenvalue weighted by Gasteiger charge is 2.05. The predicted molar refractivity (Wildman–Crippen MR) is 99.5 cm³/mol. The molecule has 0 fully saturated rings. The molecule has 25 heavy (non-hydrogen) atoms. The summed E-state index contributed by atoms with van der Waals surface area (Å²) < 4.78 is 10.5. The number of aryl methyl sites for hydroxylation is 1. The van der Waals surface area contributed by atoms with Gasteiger partial charge in [0.2, 0.25) is 0 Å². The number of rotatable bonds is 8. The number of hydrogen-bond donors (Lipinski definition) is 2. The molecule has 134 valence electrons. The van der Waals surface area contributed by atoms with Gasteiger partial charge in [0.05, 0.1) is 14.2 Å². The highest BCUT2D eigenvalue weighted by molar-refractivity contribution is 5.73. The van der Waals surface area contributed by atoms with Gasteiger partial charge in [-0.05, 0) is 49.1 Å². The molecule has 0 spiro atoms. The Morgan fingerprint density at radius 1 is 0.920 bits per heavy atom. The third kappa shape index (κ3) is 6.03. The third-order valence-corrected chi connectivity index (χ3v) is 3.97. The lowest BCUT2D eigenvalue weighted by molar-refractivity contribution is 0.241. The van der Waals surface area contributed by atoms with Crippen molar-refractivity contribution in [3.05, 3.63) is 59.2 Å². The van der Waals surface area contributed by atoms with Gasteiger partial charge in [0.15, 0.2) is 0 Å².